The minimum atomic E-state index is -3.63. The van der Waals surface area contributed by atoms with E-state index in [4.69, 9.17) is 10.7 Å². The van der Waals surface area contributed by atoms with Gasteiger partial charge in [0.1, 0.15) is 5.82 Å². The number of halogens is 2. The van der Waals surface area contributed by atoms with Crippen molar-refractivity contribution in [3.8, 4) is 0 Å². The second-order valence-corrected chi connectivity index (χ2v) is 6.21. The van der Waals surface area contributed by atoms with Crippen molar-refractivity contribution in [2.45, 2.75) is 5.75 Å². The van der Waals surface area contributed by atoms with Crippen molar-refractivity contribution in [2.75, 3.05) is 0 Å². The standard InChI is InChI=1S/C11H8ClFO2S/c12-16(14,15)7-8-5-6-11(13)10-4-2-1-3-9(8)10/h1-6H,7H2. The lowest BCUT2D eigenvalue weighted by Crippen LogP contribution is -1.96. The van der Waals surface area contributed by atoms with E-state index in [1.165, 1.54) is 12.1 Å². The Labute approximate surface area is 97.1 Å². The van der Waals surface area contributed by atoms with Crippen LogP contribution in [-0.4, -0.2) is 8.42 Å². The molecule has 2 nitrogen and oxygen atoms in total. The quantitative estimate of drug-likeness (QED) is 0.776. The molecule has 0 amide bonds. The van der Waals surface area contributed by atoms with Crippen molar-refractivity contribution >= 4 is 30.5 Å². The molecule has 2 aromatic rings. The molecule has 0 heterocycles. The lowest BCUT2D eigenvalue weighted by atomic mass is 10.1. The Kier molecular flexibility index (Phi) is 2.86. The molecule has 0 N–H and O–H groups in total. The summed E-state index contributed by atoms with van der Waals surface area (Å²) in [6.07, 6.45) is 0. The van der Waals surface area contributed by atoms with Crippen molar-refractivity contribution in [3.63, 3.8) is 0 Å². The van der Waals surface area contributed by atoms with E-state index in [1.807, 2.05) is 0 Å². The second kappa shape index (κ2) is 4.03. The highest BCUT2D eigenvalue weighted by atomic mass is 35.7. The van der Waals surface area contributed by atoms with Crippen LogP contribution in [0.4, 0.5) is 4.39 Å². The van der Waals surface area contributed by atoms with E-state index in [1.54, 1.807) is 24.3 Å². The minimum Gasteiger partial charge on any atom is -0.212 e. The Morgan fingerprint density at radius 2 is 1.69 bits per heavy atom. The van der Waals surface area contributed by atoms with Gasteiger partial charge in [-0.15, -0.1) is 0 Å². The average Bonchev–Trinajstić information content (AvgIpc) is 2.21. The molecule has 0 saturated carbocycles. The fourth-order valence-electron chi connectivity index (χ4n) is 1.64. The van der Waals surface area contributed by atoms with Gasteiger partial charge in [-0.25, -0.2) is 12.8 Å². The molecule has 0 aliphatic heterocycles. The highest BCUT2D eigenvalue weighted by Gasteiger charge is 2.11. The van der Waals surface area contributed by atoms with E-state index in [2.05, 4.69) is 0 Å². The summed E-state index contributed by atoms with van der Waals surface area (Å²) in [4.78, 5) is 0. The predicted octanol–water partition coefficient (Wildman–Crippen LogP) is 3.05. The highest BCUT2D eigenvalue weighted by Crippen LogP contribution is 2.24. The maximum atomic E-state index is 13.4. The maximum absolute atomic E-state index is 13.4. The molecule has 0 spiro atoms. The Balaban J connectivity index is 2.68. The summed E-state index contributed by atoms with van der Waals surface area (Å²) < 4.78 is 35.4. The molecule has 16 heavy (non-hydrogen) atoms. The summed E-state index contributed by atoms with van der Waals surface area (Å²) >= 11 is 0. The fourth-order valence-corrected chi connectivity index (χ4v) is 2.61. The second-order valence-electron chi connectivity index (χ2n) is 3.44. The molecule has 0 unspecified atom stereocenters. The van der Waals surface area contributed by atoms with Gasteiger partial charge in [0.2, 0.25) is 9.05 Å². The van der Waals surface area contributed by atoms with E-state index in [-0.39, 0.29) is 11.6 Å². The molecule has 2 rings (SSSR count). The van der Waals surface area contributed by atoms with Gasteiger partial charge in [-0.1, -0.05) is 30.3 Å². The Bertz CT molecular complexity index is 637. The molecule has 2 aromatic carbocycles. The summed E-state index contributed by atoms with van der Waals surface area (Å²) in [5, 5.41) is 0.979. The van der Waals surface area contributed by atoms with Crippen LogP contribution < -0.4 is 0 Å². The fraction of sp³-hybridized carbons (Fsp3) is 0.0909. The third-order valence-corrected chi connectivity index (χ3v) is 3.27. The molecule has 0 aliphatic rings. The SMILES string of the molecule is O=S(=O)(Cl)Cc1ccc(F)c2ccccc12. The summed E-state index contributed by atoms with van der Waals surface area (Å²) in [7, 11) is 1.55. The number of hydrogen-bond acceptors (Lipinski definition) is 2. The van der Waals surface area contributed by atoms with Crippen LogP contribution in [0.2, 0.25) is 0 Å². The molecule has 0 fully saturated rings. The zero-order chi connectivity index (χ0) is 11.8. The first-order valence-electron chi connectivity index (χ1n) is 4.56. The number of hydrogen-bond donors (Lipinski definition) is 0. The van der Waals surface area contributed by atoms with Crippen LogP contribution in [-0.2, 0) is 14.8 Å². The van der Waals surface area contributed by atoms with Crippen molar-refractivity contribution in [1.82, 2.24) is 0 Å². The van der Waals surface area contributed by atoms with Gasteiger partial charge >= 0.3 is 0 Å². The first-order valence-corrected chi connectivity index (χ1v) is 7.04. The summed E-state index contributed by atoms with van der Waals surface area (Å²) in [6, 6.07) is 9.40. The topological polar surface area (TPSA) is 34.1 Å². The predicted molar refractivity (Wildman–Crippen MR) is 62.4 cm³/mol. The van der Waals surface area contributed by atoms with Crippen LogP contribution in [0, 0.1) is 5.82 Å². The van der Waals surface area contributed by atoms with Gasteiger partial charge in [-0.3, -0.25) is 0 Å². The van der Waals surface area contributed by atoms with Crippen LogP contribution in [0.25, 0.3) is 10.8 Å². The lowest BCUT2D eigenvalue weighted by Gasteiger charge is -2.05. The zero-order valence-electron chi connectivity index (χ0n) is 8.15. The van der Waals surface area contributed by atoms with E-state index < -0.39 is 9.05 Å². The number of rotatable bonds is 2. The van der Waals surface area contributed by atoms with Crippen molar-refractivity contribution in [3.05, 3.63) is 47.8 Å². The van der Waals surface area contributed by atoms with Crippen LogP contribution in [0.1, 0.15) is 5.56 Å². The molecule has 84 valence electrons. The first-order chi connectivity index (χ1) is 7.47. The summed E-state index contributed by atoms with van der Waals surface area (Å²) in [5.41, 5.74) is 0.506. The van der Waals surface area contributed by atoms with Gasteiger partial charge in [-0.2, -0.15) is 0 Å². The normalized spacial score (nSPS) is 11.9. The Morgan fingerprint density at radius 1 is 1.06 bits per heavy atom. The van der Waals surface area contributed by atoms with Crippen molar-refractivity contribution < 1.29 is 12.8 Å². The molecule has 0 atom stereocenters. The molecule has 0 aliphatic carbocycles. The molecule has 5 heteroatoms. The Morgan fingerprint density at radius 3 is 2.31 bits per heavy atom. The lowest BCUT2D eigenvalue weighted by molar-refractivity contribution is 0.608. The van der Waals surface area contributed by atoms with Crippen molar-refractivity contribution in [1.29, 1.82) is 0 Å². The van der Waals surface area contributed by atoms with Crippen molar-refractivity contribution in [2.24, 2.45) is 0 Å². The zero-order valence-corrected chi connectivity index (χ0v) is 9.72. The van der Waals surface area contributed by atoms with E-state index in [9.17, 15) is 12.8 Å². The molecular formula is C11H8ClFO2S. The van der Waals surface area contributed by atoms with Crippen LogP contribution >= 0.6 is 10.7 Å². The minimum absolute atomic E-state index is 0.296. The van der Waals surface area contributed by atoms with Gasteiger partial charge in [-0.05, 0) is 17.0 Å². The Hall–Kier alpha value is -1.13. The van der Waals surface area contributed by atoms with E-state index >= 15 is 0 Å². The van der Waals surface area contributed by atoms with Crippen LogP contribution in [0.15, 0.2) is 36.4 Å². The number of fused-ring (bicyclic) bond motifs is 1. The molecule has 0 radical (unpaired) electrons. The molecule has 0 saturated heterocycles. The first kappa shape index (κ1) is 11.4. The summed E-state index contributed by atoms with van der Waals surface area (Å²) in [6.45, 7) is 0. The van der Waals surface area contributed by atoms with Crippen LogP contribution in [0.5, 0.6) is 0 Å². The van der Waals surface area contributed by atoms with Gasteiger partial charge in [0, 0.05) is 16.1 Å². The molecule has 0 bridgehead atoms. The highest BCUT2D eigenvalue weighted by molar-refractivity contribution is 8.13. The smallest absolute Gasteiger partial charge is 0.212 e. The maximum Gasteiger partial charge on any atom is 0.236 e. The van der Waals surface area contributed by atoms with Crippen LogP contribution in [0.3, 0.4) is 0 Å². The average molecular weight is 259 g/mol. The van der Waals surface area contributed by atoms with Gasteiger partial charge < -0.3 is 0 Å². The molecular weight excluding hydrogens is 251 g/mol. The third-order valence-electron chi connectivity index (χ3n) is 2.29. The monoisotopic (exact) mass is 258 g/mol. The van der Waals surface area contributed by atoms with E-state index in [0.29, 0.717) is 16.3 Å². The molecule has 0 aromatic heterocycles. The largest absolute Gasteiger partial charge is 0.236 e. The van der Waals surface area contributed by atoms with Gasteiger partial charge in [0.15, 0.2) is 0 Å². The third kappa shape index (κ3) is 2.33. The van der Waals surface area contributed by atoms with E-state index in [0.717, 1.165) is 0 Å². The number of benzene rings is 2. The van der Waals surface area contributed by atoms with Gasteiger partial charge in [0.05, 0.1) is 5.75 Å². The summed E-state index contributed by atoms with van der Waals surface area (Å²) in [5.74, 6) is -0.665. The van der Waals surface area contributed by atoms with Gasteiger partial charge in [0.25, 0.3) is 0 Å².